The molecule has 0 saturated heterocycles. The van der Waals surface area contributed by atoms with Crippen molar-refractivity contribution in [1.82, 2.24) is 5.32 Å². The third-order valence-corrected chi connectivity index (χ3v) is 4.97. The second-order valence-corrected chi connectivity index (χ2v) is 6.35. The molecule has 0 spiro atoms. The number of benzene rings is 1. The lowest BCUT2D eigenvalue weighted by molar-refractivity contribution is 0.553. The summed E-state index contributed by atoms with van der Waals surface area (Å²) in [7, 11) is 0. The molecule has 0 saturated carbocycles. The van der Waals surface area contributed by atoms with Crippen molar-refractivity contribution in [3.8, 4) is 0 Å². The van der Waals surface area contributed by atoms with Gasteiger partial charge in [0.1, 0.15) is 0 Å². The number of likely N-dealkylation sites (N-methyl/N-ethyl adjacent to an activating group) is 1. The summed E-state index contributed by atoms with van der Waals surface area (Å²) in [5.41, 5.74) is 1.24. The number of hydrogen-bond acceptors (Lipinski definition) is 2. The van der Waals surface area contributed by atoms with Crippen LogP contribution in [0.15, 0.2) is 40.2 Å². The van der Waals surface area contributed by atoms with E-state index < -0.39 is 0 Å². The van der Waals surface area contributed by atoms with E-state index in [0.29, 0.717) is 6.04 Å². The van der Waals surface area contributed by atoms with Gasteiger partial charge in [-0.15, -0.1) is 11.3 Å². The molecule has 1 unspecified atom stereocenters. The van der Waals surface area contributed by atoms with Gasteiger partial charge in [-0.25, -0.2) is 0 Å². The zero-order chi connectivity index (χ0) is 13.0. The number of nitrogens with one attached hydrogen (secondary N) is 1. The molecule has 1 heterocycles. The monoisotopic (exact) mass is 343 g/mol. The lowest BCUT2D eigenvalue weighted by Gasteiger charge is -2.18. The standard InChI is InChI=1S/C14H15BrClNS/c1-2-17-13(9-14-12(15)6-7-18-14)10-4-3-5-11(16)8-10/h3-8,13,17H,2,9H2,1H3. The Bertz CT molecular complexity index is 512. The van der Waals surface area contributed by atoms with E-state index in [-0.39, 0.29) is 0 Å². The fourth-order valence-electron chi connectivity index (χ4n) is 1.93. The number of rotatable bonds is 5. The van der Waals surface area contributed by atoms with Gasteiger partial charge >= 0.3 is 0 Å². The molecule has 4 heteroatoms. The summed E-state index contributed by atoms with van der Waals surface area (Å²) in [5.74, 6) is 0. The average molecular weight is 345 g/mol. The average Bonchev–Trinajstić information content (AvgIpc) is 2.74. The van der Waals surface area contributed by atoms with E-state index in [1.165, 1.54) is 14.9 Å². The molecule has 0 aliphatic rings. The first-order valence-corrected chi connectivity index (χ1v) is 7.96. The summed E-state index contributed by atoms with van der Waals surface area (Å²) >= 11 is 11.4. The first kappa shape index (κ1) is 14.1. The van der Waals surface area contributed by atoms with Crippen molar-refractivity contribution in [2.24, 2.45) is 0 Å². The van der Waals surface area contributed by atoms with Crippen LogP contribution in [0, 0.1) is 0 Å². The van der Waals surface area contributed by atoms with Crippen molar-refractivity contribution in [1.29, 1.82) is 0 Å². The summed E-state index contributed by atoms with van der Waals surface area (Å²) in [6.07, 6.45) is 0.979. The molecular formula is C14H15BrClNS. The van der Waals surface area contributed by atoms with Crippen molar-refractivity contribution >= 4 is 38.9 Å². The maximum Gasteiger partial charge on any atom is 0.0409 e. The van der Waals surface area contributed by atoms with Crippen LogP contribution < -0.4 is 5.32 Å². The van der Waals surface area contributed by atoms with E-state index in [1.54, 1.807) is 11.3 Å². The molecule has 18 heavy (non-hydrogen) atoms. The molecule has 0 radical (unpaired) electrons. The van der Waals surface area contributed by atoms with Crippen LogP contribution >= 0.6 is 38.9 Å². The largest absolute Gasteiger partial charge is 0.310 e. The topological polar surface area (TPSA) is 12.0 Å². The Kier molecular flexibility index (Phi) is 5.25. The third kappa shape index (κ3) is 3.58. The van der Waals surface area contributed by atoms with Crippen LogP contribution in [-0.4, -0.2) is 6.54 Å². The summed E-state index contributed by atoms with van der Waals surface area (Å²) in [5, 5.41) is 6.42. The van der Waals surface area contributed by atoms with Gasteiger partial charge in [0.15, 0.2) is 0 Å². The normalized spacial score (nSPS) is 12.6. The van der Waals surface area contributed by atoms with Gasteiger partial charge < -0.3 is 5.32 Å². The molecule has 2 rings (SSSR count). The molecule has 2 aromatic rings. The van der Waals surface area contributed by atoms with Crippen LogP contribution in [0.1, 0.15) is 23.4 Å². The maximum atomic E-state index is 6.07. The Hall–Kier alpha value is -0.350. The Labute approximate surface area is 125 Å². The smallest absolute Gasteiger partial charge is 0.0409 e. The van der Waals surface area contributed by atoms with Crippen molar-refractivity contribution < 1.29 is 0 Å². The van der Waals surface area contributed by atoms with Crippen LogP contribution in [0.5, 0.6) is 0 Å². The van der Waals surface area contributed by atoms with Gasteiger partial charge in [-0.2, -0.15) is 0 Å². The Morgan fingerprint density at radius 1 is 1.39 bits per heavy atom. The quantitative estimate of drug-likeness (QED) is 0.799. The minimum Gasteiger partial charge on any atom is -0.310 e. The van der Waals surface area contributed by atoms with Gasteiger partial charge in [0.25, 0.3) is 0 Å². The van der Waals surface area contributed by atoms with Gasteiger partial charge in [-0.05, 0) is 51.6 Å². The minimum atomic E-state index is 0.309. The van der Waals surface area contributed by atoms with Crippen LogP contribution in [0.2, 0.25) is 5.02 Å². The zero-order valence-corrected chi connectivity index (χ0v) is 13.3. The van der Waals surface area contributed by atoms with Gasteiger partial charge in [-0.3, -0.25) is 0 Å². The second kappa shape index (κ2) is 6.71. The predicted octanol–water partition coefficient (Wildman–Crippen LogP) is 5.06. The molecule has 96 valence electrons. The molecule has 1 N–H and O–H groups in total. The summed E-state index contributed by atoms with van der Waals surface area (Å²) < 4.78 is 1.19. The van der Waals surface area contributed by atoms with Crippen molar-refractivity contribution in [3.05, 3.63) is 55.6 Å². The van der Waals surface area contributed by atoms with E-state index in [2.05, 4.69) is 45.7 Å². The van der Waals surface area contributed by atoms with E-state index in [1.807, 2.05) is 18.2 Å². The second-order valence-electron chi connectivity index (χ2n) is 4.06. The summed E-state index contributed by atoms with van der Waals surface area (Å²) in [6.45, 7) is 3.07. The van der Waals surface area contributed by atoms with Crippen molar-refractivity contribution in [2.45, 2.75) is 19.4 Å². The first-order valence-electron chi connectivity index (χ1n) is 5.91. The van der Waals surface area contributed by atoms with Gasteiger partial charge in [0.2, 0.25) is 0 Å². The number of hydrogen-bond donors (Lipinski definition) is 1. The highest BCUT2D eigenvalue weighted by Crippen LogP contribution is 2.29. The predicted molar refractivity (Wildman–Crippen MR) is 83.6 cm³/mol. The SMILES string of the molecule is CCNC(Cc1sccc1Br)c1cccc(Cl)c1. The van der Waals surface area contributed by atoms with Crippen molar-refractivity contribution in [3.63, 3.8) is 0 Å². The van der Waals surface area contributed by atoms with E-state index in [0.717, 1.165) is 18.0 Å². The number of halogens is 2. The zero-order valence-electron chi connectivity index (χ0n) is 10.1. The van der Waals surface area contributed by atoms with Crippen LogP contribution in [-0.2, 0) is 6.42 Å². The Morgan fingerprint density at radius 2 is 2.22 bits per heavy atom. The van der Waals surface area contributed by atoms with Gasteiger partial charge in [0, 0.05) is 26.8 Å². The molecule has 0 fully saturated rings. The van der Waals surface area contributed by atoms with E-state index in [9.17, 15) is 0 Å². The van der Waals surface area contributed by atoms with Gasteiger partial charge in [0.05, 0.1) is 0 Å². The van der Waals surface area contributed by atoms with Crippen LogP contribution in [0.3, 0.4) is 0 Å². The highest BCUT2D eigenvalue weighted by atomic mass is 79.9. The van der Waals surface area contributed by atoms with Gasteiger partial charge in [-0.1, -0.05) is 30.7 Å². The molecular weight excluding hydrogens is 330 g/mol. The minimum absolute atomic E-state index is 0.309. The Balaban J connectivity index is 2.20. The highest BCUT2D eigenvalue weighted by molar-refractivity contribution is 9.10. The Morgan fingerprint density at radius 3 is 2.83 bits per heavy atom. The van der Waals surface area contributed by atoms with Crippen molar-refractivity contribution in [2.75, 3.05) is 6.54 Å². The third-order valence-electron chi connectivity index (χ3n) is 2.78. The fraction of sp³-hybridized carbons (Fsp3) is 0.286. The molecule has 0 aliphatic heterocycles. The molecule has 0 amide bonds. The number of thiophene rings is 1. The molecule has 1 atom stereocenters. The van der Waals surface area contributed by atoms with Crippen LogP contribution in [0.25, 0.3) is 0 Å². The lowest BCUT2D eigenvalue weighted by Crippen LogP contribution is -2.22. The van der Waals surface area contributed by atoms with E-state index >= 15 is 0 Å². The van der Waals surface area contributed by atoms with Crippen LogP contribution in [0.4, 0.5) is 0 Å². The molecule has 1 aromatic heterocycles. The first-order chi connectivity index (χ1) is 8.70. The summed E-state index contributed by atoms with van der Waals surface area (Å²) in [4.78, 5) is 1.36. The molecule has 1 aromatic carbocycles. The molecule has 0 bridgehead atoms. The highest BCUT2D eigenvalue weighted by Gasteiger charge is 2.14. The maximum absolute atomic E-state index is 6.07. The molecule has 1 nitrogen and oxygen atoms in total. The summed E-state index contributed by atoms with van der Waals surface area (Å²) in [6, 6.07) is 10.5. The molecule has 0 aliphatic carbocycles. The lowest BCUT2D eigenvalue weighted by atomic mass is 10.0. The fourth-order valence-corrected chi connectivity index (χ4v) is 3.69. The van der Waals surface area contributed by atoms with E-state index in [4.69, 9.17) is 11.6 Å².